The van der Waals surface area contributed by atoms with E-state index in [0.29, 0.717) is 22.4 Å². The number of para-hydroxylation sites is 2. The van der Waals surface area contributed by atoms with Crippen LogP contribution in [-0.2, 0) is 99.1 Å². The Morgan fingerprint density at radius 2 is 0.687 bits per heavy atom. The summed E-state index contributed by atoms with van der Waals surface area (Å²) in [5.41, 5.74) is -10.7. The highest BCUT2D eigenvalue weighted by Gasteiger charge is 2.47. The molecule has 10 aromatic carbocycles. The number of hydrogen-bond acceptors (Lipinski definition) is 8. The van der Waals surface area contributed by atoms with Gasteiger partial charge in [-0.2, -0.15) is 84.1 Å². The van der Waals surface area contributed by atoms with E-state index in [9.17, 15) is 98.2 Å². The minimum atomic E-state index is -4.75. The topological polar surface area (TPSA) is 150 Å². The molecule has 31 heteroatoms. The second-order valence-corrected chi connectivity index (χ2v) is 26.6. The maximum Gasteiger partial charge on any atom is 0.416 e. The van der Waals surface area contributed by atoms with Crippen LogP contribution in [0.5, 0.6) is 11.5 Å². The highest BCUT2D eigenvalue weighted by atomic mass is 35.5. The van der Waals surface area contributed by atoms with E-state index in [-0.39, 0.29) is 75.7 Å². The van der Waals surface area contributed by atoms with Gasteiger partial charge in [0.1, 0.15) is 18.2 Å². The van der Waals surface area contributed by atoms with E-state index in [2.05, 4.69) is 25.8 Å². The number of ether oxygens (including phenoxy) is 3. The molecular weight excluding hydrogens is 1570 g/mol. The molecular formula is C84H64ClF18N5O7. The SMILES string of the molecule is COC(=O)CC(=O)NC(Cc1ccccc1)(c1cccc(C(F)(F)F)c1)c1cccc(C(F)(F)F)c1.Cn1ncc(C(=O)NC(Cc2ccccc2)(c2cccc(C(F)(F)F)c2)c2cccc(C(F)(F)F)c2)c1Cl.O=C(NC(Cc1ccccc1)(c1cccc(C(F)(F)F)c1)c1cccc(C(F)(F)F)c1)C1COc2ccccc2O1. The van der Waals surface area contributed by atoms with Crippen LogP contribution in [-0.4, -0.2) is 53.3 Å². The van der Waals surface area contributed by atoms with Gasteiger partial charge in [0, 0.05) is 26.3 Å². The van der Waals surface area contributed by atoms with Gasteiger partial charge in [-0.3, -0.25) is 23.9 Å². The van der Waals surface area contributed by atoms with Crippen molar-refractivity contribution in [3.8, 4) is 11.5 Å². The van der Waals surface area contributed by atoms with Gasteiger partial charge in [0.2, 0.25) is 12.0 Å². The number of aromatic nitrogens is 2. The number of carbonyl (C=O) groups excluding carboxylic acids is 4. The molecule has 0 aliphatic carbocycles. The first-order valence-electron chi connectivity index (χ1n) is 34.4. The third kappa shape index (κ3) is 20.8. The monoisotopic (exact) mass is 1630 g/mol. The Labute approximate surface area is 649 Å². The lowest BCUT2D eigenvalue weighted by molar-refractivity contribution is -0.144. The number of amides is 3. The predicted molar refractivity (Wildman–Crippen MR) is 386 cm³/mol. The normalized spacial score (nSPS) is 13.4. The molecule has 600 valence electrons. The largest absolute Gasteiger partial charge is 0.485 e. The average molecular weight is 1630 g/mol. The fourth-order valence-corrected chi connectivity index (χ4v) is 13.1. The van der Waals surface area contributed by atoms with Gasteiger partial charge in [0.15, 0.2) is 11.5 Å². The number of fused-ring (bicyclic) bond motifs is 1. The van der Waals surface area contributed by atoms with Crippen LogP contribution in [0.2, 0.25) is 5.15 Å². The van der Waals surface area contributed by atoms with Crippen molar-refractivity contribution in [3.63, 3.8) is 0 Å². The van der Waals surface area contributed by atoms with Gasteiger partial charge < -0.3 is 30.2 Å². The lowest BCUT2D eigenvalue weighted by Crippen LogP contribution is -2.54. The molecule has 11 aromatic rings. The van der Waals surface area contributed by atoms with Crippen LogP contribution < -0.4 is 25.4 Å². The maximum atomic E-state index is 13.8. The molecule has 0 radical (unpaired) electrons. The molecule has 0 spiro atoms. The highest BCUT2D eigenvalue weighted by Crippen LogP contribution is 2.45. The Morgan fingerprint density at radius 1 is 0.400 bits per heavy atom. The van der Waals surface area contributed by atoms with Crippen LogP contribution in [0.25, 0.3) is 0 Å². The van der Waals surface area contributed by atoms with Gasteiger partial charge in [-0.05, 0) is 135 Å². The lowest BCUT2D eigenvalue weighted by atomic mass is 9.76. The highest BCUT2D eigenvalue weighted by molar-refractivity contribution is 6.32. The van der Waals surface area contributed by atoms with Crippen LogP contribution in [0.4, 0.5) is 79.0 Å². The molecule has 0 saturated carbocycles. The molecule has 1 atom stereocenters. The fourth-order valence-electron chi connectivity index (χ4n) is 12.9. The number of methoxy groups -OCH3 is 1. The van der Waals surface area contributed by atoms with E-state index in [1.165, 1.54) is 54.3 Å². The molecule has 2 heterocycles. The Balaban J connectivity index is 0.000000183. The first kappa shape index (κ1) is 85.3. The molecule has 0 bridgehead atoms. The summed E-state index contributed by atoms with van der Waals surface area (Å²) >= 11 is 6.20. The molecule has 3 amide bonds. The second kappa shape index (κ2) is 34.7. The molecule has 12 nitrogen and oxygen atoms in total. The lowest BCUT2D eigenvalue weighted by Gasteiger charge is -2.38. The molecule has 1 aliphatic rings. The molecule has 12 rings (SSSR count). The second-order valence-electron chi connectivity index (χ2n) is 26.3. The van der Waals surface area contributed by atoms with E-state index in [0.717, 1.165) is 116 Å². The Hall–Kier alpha value is -12.1. The minimum absolute atomic E-state index is 0.0517. The molecule has 0 saturated heterocycles. The van der Waals surface area contributed by atoms with Gasteiger partial charge in [-0.25, -0.2) is 0 Å². The van der Waals surface area contributed by atoms with Crippen LogP contribution in [0.1, 0.15) is 100 Å². The van der Waals surface area contributed by atoms with Crippen molar-refractivity contribution in [2.24, 2.45) is 7.05 Å². The fraction of sp³-hybridized carbons (Fsp3) is 0.202. The van der Waals surface area contributed by atoms with Gasteiger partial charge in [-0.1, -0.05) is 188 Å². The molecule has 1 aromatic heterocycles. The van der Waals surface area contributed by atoms with Crippen LogP contribution in [0.3, 0.4) is 0 Å². The summed E-state index contributed by atoms with van der Waals surface area (Å²) in [7, 11) is 2.53. The first-order valence-corrected chi connectivity index (χ1v) is 34.8. The summed E-state index contributed by atoms with van der Waals surface area (Å²) in [6.45, 7) is -0.213. The van der Waals surface area contributed by atoms with Crippen LogP contribution in [0, 0.1) is 0 Å². The third-order valence-electron chi connectivity index (χ3n) is 18.5. The zero-order chi connectivity index (χ0) is 83.5. The minimum Gasteiger partial charge on any atom is -0.485 e. The number of nitrogens with zero attached hydrogens (tertiary/aromatic N) is 2. The predicted octanol–water partition coefficient (Wildman–Crippen LogP) is 20.1. The average Bonchev–Trinajstić information content (AvgIpc) is 1.53. The summed E-state index contributed by atoms with van der Waals surface area (Å²) in [5, 5.41) is 11.9. The van der Waals surface area contributed by atoms with E-state index in [4.69, 9.17) is 21.1 Å². The van der Waals surface area contributed by atoms with Gasteiger partial charge >= 0.3 is 43.0 Å². The van der Waals surface area contributed by atoms with Crippen molar-refractivity contribution in [1.29, 1.82) is 0 Å². The summed E-state index contributed by atoms with van der Waals surface area (Å²) in [4.78, 5) is 51.9. The molecule has 115 heavy (non-hydrogen) atoms. The number of carbonyl (C=O) groups is 4. The molecule has 0 fully saturated rings. The van der Waals surface area contributed by atoms with E-state index in [1.807, 2.05) is 0 Å². The number of aryl methyl sites for hydroxylation is 1. The Kier molecular flexibility index (Phi) is 25.8. The van der Waals surface area contributed by atoms with Crippen molar-refractivity contribution >= 4 is 35.3 Å². The van der Waals surface area contributed by atoms with Gasteiger partial charge in [0.05, 0.1) is 68.9 Å². The molecule has 3 N–H and O–H groups in total. The summed E-state index contributed by atoms with van der Waals surface area (Å²) in [5.74, 6) is -2.77. The summed E-state index contributed by atoms with van der Waals surface area (Å²) < 4.78 is 264. The third-order valence-corrected chi connectivity index (χ3v) is 18.9. The standard InChI is InChI=1S/C31H23F6NO3.C27H20ClF6N3O.C26H21F6NO3/c32-30(33,34)23-12-6-10-21(16-23)29(18-20-8-2-1-3-9-20,22-11-7-13-24(17-22)31(35,36)37)38-28(39)27-19-40-25-14-4-5-15-26(25)41-27;1-37-23(28)22(16-35-37)24(38)36-25(15-17-7-3-2-4-8-17,18-9-5-11-20(13-18)26(29,30)31)19-10-6-12-21(14-19)27(32,33)34;1-36-23(35)15-22(34)33-24(16-17-7-3-2-4-8-17,18-9-5-11-20(13-18)25(27,28)29)19-10-6-12-21(14-19)26(30,31)32/h1-17,27H,18-19H2,(H,38,39);2-14,16H,15H2,1H3,(H,36,38);2-14H,15-16H2,1H3,(H,33,34). The van der Waals surface area contributed by atoms with Crippen molar-refractivity contribution in [2.75, 3.05) is 13.7 Å². The molecule has 1 aliphatic heterocycles. The van der Waals surface area contributed by atoms with Gasteiger partial charge in [-0.15, -0.1) is 0 Å². The van der Waals surface area contributed by atoms with E-state index in [1.54, 1.807) is 115 Å². The van der Waals surface area contributed by atoms with Crippen molar-refractivity contribution in [1.82, 2.24) is 25.7 Å². The van der Waals surface area contributed by atoms with Crippen molar-refractivity contribution in [2.45, 2.75) is 85.5 Å². The number of nitrogens with one attached hydrogen (secondary N) is 3. The summed E-state index contributed by atoms with van der Waals surface area (Å²) in [6.07, 6.45) is -29.8. The quantitative estimate of drug-likeness (QED) is 0.0411. The zero-order valence-electron chi connectivity index (χ0n) is 59.9. The van der Waals surface area contributed by atoms with Gasteiger partial charge in [0.25, 0.3) is 11.8 Å². The van der Waals surface area contributed by atoms with Crippen LogP contribution in [0.15, 0.2) is 267 Å². The van der Waals surface area contributed by atoms with Crippen molar-refractivity contribution in [3.05, 3.63) is 361 Å². The van der Waals surface area contributed by atoms with E-state index >= 15 is 0 Å². The number of alkyl halides is 18. The number of hydrogen-bond donors (Lipinski definition) is 3. The zero-order valence-corrected chi connectivity index (χ0v) is 60.7. The maximum absolute atomic E-state index is 13.8. The summed E-state index contributed by atoms with van der Waals surface area (Å²) in [6, 6.07) is 56.5. The number of benzene rings is 10. The number of esters is 1. The Morgan fingerprint density at radius 3 is 0.983 bits per heavy atom. The number of rotatable bonds is 19. The van der Waals surface area contributed by atoms with Crippen molar-refractivity contribution < 1.29 is 112 Å². The van der Waals surface area contributed by atoms with E-state index < -0.39 is 123 Å². The smallest absolute Gasteiger partial charge is 0.416 e. The first-order chi connectivity index (χ1) is 54.1. The Bertz CT molecular complexity index is 5060. The number of halogens is 19. The molecule has 1 unspecified atom stereocenters. The van der Waals surface area contributed by atoms with Crippen LogP contribution >= 0.6 is 11.6 Å².